The van der Waals surface area contributed by atoms with Crippen molar-refractivity contribution in [1.29, 1.82) is 0 Å². The van der Waals surface area contributed by atoms with E-state index >= 15 is 0 Å². The van der Waals surface area contributed by atoms with Gasteiger partial charge in [-0.05, 0) is 24.3 Å². The summed E-state index contributed by atoms with van der Waals surface area (Å²) in [4.78, 5) is 7.07. The SMILES string of the molecule is COc1ccccc1-c1nc(CSc2nnc(N3CCOCC3)n2-c2ccccc2)cs1. The van der Waals surface area contributed by atoms with Crippen molar-refractivity contribution in [2.24, 2.45) is 0 Å². The van der Waals surface area contributed by atoms with Crippen LogP contribution in [0.2, 0.25) is 0 Å². The molecule has 2 aromatic carbocycles. The van der Waals surface area contributed by atoms with Crippen LogP contribution in [0.1, 0.15) is 5.69 Å². The Morgan fingerprint density at radius 2 is 1.81 bits per heavy atom. The monoisotopic (exact) mass is 465 g/mol. The number of hydrogen-bond donors (Lipinski definition) is 0. The maximum atomic E-state index is 5.51. The summed E-state index contributed by atoms with van der Waals surface area (Å²) in [5, 5.41) is 13.0. The van der Waals surface area contributed by atoms with E-state index in [1.54, 1.807) is 30.2 Å². The van der Waals surface area contributed by atoms with Gasteiger partial charge in [-0.2, -0.15) is 0 Å². The van der Waals surface area contributed by atoms with E-state index in [0.29, 0.717) is 19.0 Å². The smallest absolute Gasteiger partial charge is 0.232 e. The van der Waals surface area contributed by atoms with Crippen LogP contribution in [0.15, 0.2) is 65.1 Å². The minimum Gasteiger partial charge on any atom is -0.496 e. The first-order valence-electron chi connectivity index (χ1n) is 10.4. The second-order valence-corrected chi connectivity index (χ2v) is 8.99. The molecule has 0 aliphatic carbocycles. The number of rotatable bonds is 7. The van der Waals surface area contributed by atoms with Gasteiger partial charge in [-0.1, -0.05) is 42.1 Å². The van der Waals surface area contributed by atoms with E-state index in [1.165, 1.54) is 0 Å². The van der Waals surface area contributed by atoms with Crippen molar-refractivity contribution in [2.75, 3.05) is 38.3 Å². The lowest BCUT2D eigenvalue weighted by Crippen LogP contribution is -2.37. The van der Waals surface area contributed by atoms with Crippen molar-refractivity contribution in [3.63, 3.8) is 0 Å². The Kier molecular flexibility index (Phi) is 6.38. The van der Waals surface area contributed by atoms with Crippen LogP contribution in [0.25, 0.3) is 16.3 Å². The van der Waals surface area contributed by atoms with E-state index in [9.17, 15) is 0 Å². The van der Waals surface area contributed by atoms with Gasteiger partial charge in [0, 0.05) is 24.2 Å². The van der Waals surface area contributed by atoms with Crippen LogP contribution < -0.4 is 9.64 Å². The zero-order valence-electron chi connectivity index (χ0n) is 17.7. The van der Waals surface area contributed by atoms with Gasteiger partial charge in [0.15, 0.2) is 5.16 Å². The Morgan fingerprint density at radius 1 is 1.03 bits per heavy atom. The molecule has 0 spiro atoms. The summed E-state index contributed by atoms with van der Waals surface area (Å²) in [6, 6.07) is 18.2. The van der Waals surface area contributed by atoms with Gasteiger partial charge in [0.1, 0.15) is 10.8 Å². The highest BCUT2D eigenvalue weighted by Crippen LogP contribution is 2.34. The molecule has 9 heteroatoms. The average molecular weight is 466 g/mol. The van der Waals surface area contributed by atoms with E-state index in [1.807, 2.05) is 42.5 Å². The van der Waals surface area contributed by atoms with Crippen LogP contribution in [-0.2, 0) is 10.5 Å². The number of benzene rings is 2. The summed E-state index contributed by atoms with van der Waals surface area (Å²) in [6.07, 6.45) is 0. The molecule has 4 aromatic rings. The van der Waals surface area contributed by atoms with Crippen LogP contribution in [0, 0.1) is 0 Å². The maximum Gasteiger partial charge on any atom is 0.232 e. The number of morpholine rings is 1. The standard InChI is InChI=1S/C23H23N5O2S2/c1-29-20-10-6-5-9-19(20)21-24-17(15-31-21)16-32-23-26-25-22(27-11-13-30-14-12-27)28(23)18-7-3-2-4-8-18/h2-10,15H,11-14,16H2,1H3. The van der Waals surface area contributed by atoms with Crippen molar-refractivity contribution in [3.05, 3.63) is 65.7 Å². The third-order valence-electron chi connectivity index (χ3n) is 5.16. The summed E-state index contributed by atoms with van der Waals surface area (Å²) in [6.45, 7) is 3.03. The molecule has 32 heavy (non-hydrogen) atoms. The summed E-state index contributed by atoms with van der Waals surface area (Å²) >= 11 is 3.27. The normalized spacial score (nSPS) is 14.0. The van der Waals surface area contributed by atoms with Gasteiger partial charge in [-0.15, -0.1) is 21.5 Å². The topological polar surface area (TPSA) is 65.3 Å². The number of ether oxygens (including phenoxy) is 2. The van der Waals surface area contributed by atoms with Crippen molar-refractivity contribution in [2.45, 2.75) is 10.9 Å². The first-order valence-corrected chi connectivity index (χ1v) is 12.2. The Bertz CT molecular complexity index is 1170. The maximum absolute atomic E-state index is 5.51. The van der Waals surface area contributed by atoms with Crippen molar-refractivity contribution >= 4 is 29.0 Å². The van der Waals surface area contributed by atoms with E-state index in [-0.39, 0.29) is 0 Å². The van der Waals surface area contributed by atoms with Crippen LogP contribution in [0.3, 0.4) is 0 Å². The van der Waals surface area contributed by atoms with E-state index in [0.717, 1.165) is 51.9 Å². The van der Waals surface area contributed by atoms with Crippen LogP contribution >= 0.6 is 23.1 Å². The summed E-state index contributed by atoms with van der Waals surface area (Å²) in [5.74, 6) is 2.40. The number of nitrogens with zero attached hydrogens (tertiary/aromatic N) is 5. The lowest BCUT2D eigenvalue weighted by molar-refractivity contribution is 0.122. The van der Waals surface area contributed by atoms with Gasteiger partial charge in [0.2, 0.25) is 5.95 Å². The van der Waals surface area contributed by atoms with Crippen molar-refractivity contribution in [1.82, 2.24) is 19.7 Å². The molecule has 7 nitrogen and oxygen atoms in total. The fourth-order valence-electron chi connectivity index (χ4n) is 3.58. The second kappa shape index (κ2) is 9.72. The molecule has 3 heterocycles. The molecule has 0 radical (unpaired) electrons. The highest BCUT2D eigenvalue weighted by molar-refractivity contribution is 7.98. The quantitative estimate of drug-likeness (QED) is 0.372. The molecule has 164 valence electrons. The molecular formula is C23H23N5O2S2. The number of methoxy groups -OCH3 is 1. The van der Waals surface area contributed by atoms with E-state index < -0.39 is 0 Å². The van der Waals surface area contributed by atoms with Gasteiger partial charge < -0.3 is 14.4 Å². The summed E-state index contributed by atoms with van der Waals surface area (Å²) in [7, 11) is 1.69. The number of para-hydroxylation sites is 2. The molecule has 1 aliphatic heterocycles. The lowest BCUT2D eigenvalue weighted by Gasteiger charge is -2.27. The van der Waals surface area contributed by atoms with Gasteiger partial charge >= 0.3 is 0 Å². The number of anilines is 1. The zero-order valence-corrected chi connectivity index (χ0v) is 19.3. The molecule has 5 rings (SSSR count). The molecule has 0 amide bonds. The van der Waals surface area contributed by atoms with Crippen molar-refractivity contribution < 1.29 is 9.47 Å². The van der Waals surface area contributed by atoms with E-state index in [2.05, 4.69) is 37.2 Å². The first-order chi connectivity index (χ1) is 15.8. The molecule has 0 bridgehead atoms. The zero-order chi connectivity index (χ0) is 21.8. The van der Waals surface area contributed by atoms with Gasteiger partial charge in [0.05, 0.1) is 37.3 Å². The first kappa shape index (κ1) is 21.0. The van der Waals surface area contributed by atoms with Gasteiger partial charge in [0.25, 0.3) is 0 Å². The predicted octanol–water partition coefficient (Wildman–Crippen LogP) is 4.53. The largest absolute Gasteiger partial charge is 0.496 e. The minimum absolute atomic E-state index is 0.703. The van der Waals surface area contributed by atoms with Crippen LogP contribution in [0.4, 0.5) is 5.95 Å². The predicted molar refractivity (Wildman–Crippen MR) is 128 cm³/mol. The van der Waals surface area contributed by atoms with Crippen LogP contribution in [0.5, 0.6) is 5.75 Å². The number of aromatic nitrogens is 4. The lowest BCUT2D eigenvalue weighted by atomic mass is 10.2. The number of thioether (sulfide) groups is 1. The highest BCUT2D eigenvalue weighted by Gasteiger charge is 2.22. The summed E-state index contributed by atoms with van der Waals surface area (Å²) < 4.78 is 13.1. The molecule has 2 aromatic heterocycles. The Morgan fingerprint density at radius 3 is 2.62 bits per heavy atom. The third-order valence-corrected chi connectivity index (χ3v) is 7.05. The van der Waals surface area contributed by atoms with Crippen molar-refractivity contribution in [3.8, 4) is 22.0 Å². The molecule has 1 saturated heterocycles. The Balaban J connectivity index is 1.39. The number of hydrogen-bond acceptors (Lipinski definition) is 8. The average Bonchev–Trinajstić information content (AvgIpc) is 3.51. The fourth-order valence-corrected chi connectivity index (χ4v) is 5.38. The fraction of sp³-hybridized carbons (Fsp3) is 0.261. The molecular weight excluding hydrogens is 442 g/mol. The second-order valence-electron chi connectivity index (χ2n) is 7.19. The molecule has 0 atom stereocenters. The molecule has 0 N–H and O–H groups in total. The molecule has 1 aliphatic rings. The molecule has 0 saturated carbocycles. The highest BCUT2D eigenvalue weighted by atomic mass is 32.2. The van der Waals surface area contributed by atoms with Crippen LogP contribution in [-0.4, -0.2) is 53.2 Å². The van der Waals surface area contributed by atoms with Gasteiger partial charge in [-0.3, -0.25) is 4.57 Å². The molecule has 0 unspecified atom stereocenters. The summed E-state index contributed by atoms with van der Waals surface area (Å²) in [5.41, 5.74) is 3.07. The Hall–Kier alpha value is -2.88. The Labute approximate surface area is 195 Å². The third kappa shape index (κ3) is 4.36. The number of thiazole rings is 1. The molecule has 1 fully saturated rings. The minimum atomic E-state index is 0.703. The van der Waals surface area contributed by atoms with E-state index in [4.69, 9.17) is 14.5 Å². The van der Waals surface area contributed by atoms with Gasteiger partial charge in [-0.25, -0.2) is 4.98 Å².